The average Bonchev–Trinajstić information content (AvgIpc) is 2.20. The van der Waals surface area contributed by atoms with Crippen LogP contribution in [-0.4, -0.2) is 18.5 Å². The molecule has 0 aliphatic rings. The highest BCUT2D eigenvalue weighted by Crippen LogP contribution is 2.32. The number of benzene rings is 1. The summed E-state index contributed by atoms with van der Waals surface area (Å²) in [4.78, 5) is 0. The van der Waals surface area contributed by atoms with Crippen LogP contribution in [0.2, 0.25) is 10.0 Å². The molecule has 0 radical (unpaired) electrons. The van der Waals surface area contributed by atoms with Crippen molar-refractivity contribution in [3.63, 3.8) is 0 Å². The zero-order valence-corrected chi connectivity index (χ0v) is 9.81. The summed E-state index contributed by atoms with van der Waals surface area (Å²) < 4.78 is 10.3. The van der Waals surface area contributed by atoms with E-state index in [-0.39, 0.29) is 13.4 Å². The molecule has 3 nitrogen and oxygen atoms in total. The largest absolute Gasteiger partial charge is 0.466 e. The molecule has 0 fully saturated rings. The van der Waals surface area contributed by atoms with Gasteiger partial charge in [-0.15, -0.1) is 0 Å². The van der Waals surface area contributed by atoms with E-state index in [2.05, 4.69) is 0 Å². The Bertz CT molecular complexity index is 329. The summed E-state index contributed by atoms with van der Waals surface area (Å²) in [5, 5.41) is 9.92. The first-order chi connectivity index (χ1) is 7.19. The maximum atomic E-state index is 9.09. The van der Waals surface area contributed by atoms with Crippen LogP contribution in [0.1, 0.15) is 12.5 Å². The lowest BCUT2D eigenvalue weighted by Crippen LogP contribution is -2.04. The monoisotopic (exact) mass is 250 g/mol. The number of ether oxygens (including phenoxy) is 2. The molecule has 84 valence electrons. The number of hydrogen-bond acceptors (Lipinski definition) is 3. The first kappa shape index (κ1) is 12.6. The summed E-state index contributed by atoms with van der Waals surface area (Å²) in [5.41, 5.74) is 0.548. The van der Waals surface area contributed by atoms with Crippen LogP contribution >= 0.6 is 23.2 Å². The van der Waals surface area contributed by atoms with Crippen LogP contribution < -0.4 is 4.74 Å². The van der Waals surface area contributed by atoms with Crippen molar-refractivity contribution >= 4 is 23.2 Å². The van der Waals surface area contributed by atoms with E-state index < -0.39 is 0 Å². The van der Waals surface area contributed by atoms with Gasteiger partial charge in [-0.3, -0.25) is 0 Å². The summed E-state index contributed by atoms with van der Waals surface area (Å²) in [7, 11) is 0. The summed E-state index contributed by atoms with van der Waals surface area (Å²) >= 11 is 11.7. The Labute approximate surface area is 98.5 Å². The Balaban J connectivity index is 2.84. The second-order valence-electron chi connectivity index (χ2n) is 2.79. The lowest BCUT2D eigenvalue weighted by Gasteiger charge is -2.12. The Morgan fingerprint density at radius 3 is 2.67 bits per heavy atom. The normalized spacial score (nSPS) is 10.4. The molecular formula is C10H12Cl2O3. The minimum atomic E-state index is -0.179. The molecule has 5 heteroatoms. The fraction of sp³-hybridized carbons (Fsp3) is 0.400. The number of rotatable bonds is 5. The highest BCUT2D eigenvalue weighted by molar-refractivity contribution is 6.35. The Kier molecular flexibility index (Phi) is 5.19. The van der Waals surface area contributed by atoms with Crippen molar-refractivity contribution in [3.8, 4) is 5.75 Å². The van der Waals surface area contributed by atoms with Crippen molar-refractivity contribution in [1.29, 1.82) is 0 Å². The van der Waals surface area contributed by atoms with Crippen molar-refractivity contribution < 1.29 is 14.6 Å². The third-order valence-corrected chi connectivity index (χ3v) is 2.25. The molecule has 0 heterocycles. The summed E-state index contributed by atoms with van der Waals surface area (Å²) in [5.74, 6) is 0.414. The van der Waals surface area contributed by atoms with Crippen LogP contribution in [0.15, 0.2) is 12.1 Å². The van der Waals surface area contributed by atoms with Crippen molar-refractivity contribution in [2.75, 3.05) is 13.4 Å². The Hall–Kier alpha value is -0.480. The van der Waals surface area contributed by atoms with E-state index in [0.29, 0.717) is 28.0 Å². The molecule has 0 unspecified atom stereocenters. The third-order valence-electron chi connectivity index (χ3n) is 1.75. The van der Waals surface area contributed by atoms with E-state index in [1.165, 1.54) is 0 Å². The van der Waals surface area contributed by atoms with Gasteiger partial charge in [0, 0.05) is 17.2 Å². The fourth-order valence-electron chi connectivity index (χ4n) is 1.08. The number of aliphatic hydroxyl groups excluding tert-OH is 1. The van der Waals surface area contributed by atoms with Gasteiger partial charge in [-0.1, -0.05) is 23.2 Å². The second-order valence-corrected chi connectivity index (χ2v) is 3.63. The molecule has 0 atom stereocenters. The molecule has 0 aliphatic heterocycles. The van der Waals surface area contributed by atoms with E-state index in [4.69, 9.17) is 37.8 Å². The first-order valence-electron chi connectivity index (χ1n) is 4.48. The van der Waals surface area contributed by atoms with Gasteiger partial charge in [-0.05, 0) is 19.1 Å². The molecule has 0 saturated carbocycles. The molecule has 1 N–H and O–H groups in total. The lowest BCUT2D eigenvalue weighted by molar-refractivity contribution is 0.0212. The molecule has 0 aromatic heterocycles. The van der Waals surface area contributed by atoms with Crippen molar-refractivity contribution in [2.45, 2.75) is 13.5 Å². The van der Waals surface area contributed by atoms with Crippen LogP contribution in [-0.2, 0) is 11.3 Å². The molecule has 0 aliphatic carbocycles. The van der Waals surface area contributed by atoms with Crippen molar-refractivity contribution in [3.05, 3.63) is 27.7 Å². The fourth-order valence-corrected chi connectivity index (χ4v) is 1.67. The summed E-state index contributed by atoms with van der Waals surface area (Å²) in [6.45, 7) is 2.34. The van der Waals surface area contributed by atoms with Crippen molar-refractivity contribution in [1.82, 2.24) is 0 Å². The maximum Gasteiger partial charge on any atom is 0.189 e. The minimum absolute atomic E-state index is 0.102. The van der Waals surface area contributed by atoms with E-state index in [1.54, 1.807) is 12.1 Å². The van der Waals surface area contributed by atoms with Gasteiger partial charge in [0.15, 0.2) is 6.79 Å². The first-order valence-corrected chi connectivity index (χ1v) is 5.24. The SMILES string of the molecule is CCOCOc1c(Cl)cc(Cl)cc1CO. The zero-order valence-electron chi connectivity index (χ0n) is 8.30. The molecule has 1 rings (SSSR count). The van der Waals surface area contributed by atoms with Crippen LogP contribution in [0.5, 0.6) is 5.75 Å². The average molecular weight is 251 g/mol. The maximum absolute atomic E-state index is 9.09. The predicted octanol–water partition coefficient (Wildman–Crippen LogP) is 2.86. The van der Waals surface area contributed by atoms with Gasteiger partial charge in [-0.2, -0.15) is 0 Å². The van der Waals surface area contributed by atoms with Crippen LogP contribution in [0.25, 0.3) is 0 Å². The molecule has 0 amide bonds. The van der Waals surface area contributed by atoms with Gasteiger partial charge in [0.2, 0.25) is 0 Å². The van der Waals surface area contributed by atoms with E-state index in [9.17, 15) is 0 Å². The molecule has 0 spiro atoms. The number of halogens is 2. The van der Waals surface area contributed by atoms with Crippen molar-refractivity contribution in [2.24, 2.45) is 0 Å². The standard InChI is InChI=1S/C10H12Cl2O3/c1-2-14-6-15-10-7(5-13)3-8(11)4-9(10)12/h3-4,13H,2,5-6H2,1H3. The summed E-state index contributed by atoms with van der Waals surface area (Å²) in [6.07, 6.45) is 0. The summed E-state index contributed by atoms with van der Waals surface area (Å²) in [6, 6.07) is 3.16. The molecule has 0 saturated heterocycles. The van der Waals surface area contributed by atoms with Gasteiger partial charge >= 0.3 is 0 Å². The third kappa shape index (κ3) is 3.54. The quantitative estimate of drug-likeness (QED) is 0.646. The van der Waals surface area contributed by atoms with E-state index in [1.807, 2.05) is 6.92 Å². The second kappa shape index (κ2) is 6.18. The minimum Gasteiger partial charge on any atom is -0.466 e. The highest BCUT2D eigenvalue weighted by atomic mass is 35.5. The molecule has 1 aromatic carbocycles. The van der Waals surface area contributed by atoms with E-state index in [0.717, 1.165) is 0 Å². The van der Waals surface area contributed by atoms with Crippen LogP contribution in [0, 0.1) is 0 Å². The van der Waals surface area contributed by atoms with Gasteiger partial charge in [0.05, 0.1) is 11.6 Å². The molecule has 1 aromatic rings. The zero-order chi connectivity index (χ0) is 11.3. The number of hydrogen-bond donors (Lipinski definition) is 1. The smallest absolute Gasteiger partial charge is 0.189 e. The van der Waals surface area contributed by atoms with E-state index >= 15 is 0 Å². The lowest BCUT2D eigenvalue weighted by atomic mass is 10.2. The molecule has 15 heavy (non-hydrogen) atoms. The van der Waals surface area contributed by atoms with Gasteiger partial charge < -0.3 is 14.6 Å². The Morgan fingerprint density at radius 2 is 2.07 bits per heavy atom. The highest BCUT2D eigenvalue weighted by Gasteiger charge is 2.09. The predicted molar refractivity (Wildman–Crippen MR) is 59.5 cm³/mol. The van der Waals surface area contributed by atoms with Gasteiger partial charge in [0.1, 0.15) is 5.75 Å². The molecule has 0 bridgehead atoms. The topological polar surface area (TPSA) is 38.7 Å². The van der Waals surface area contributed by atoms with Gasteiger partial charge in [0.25, 0.3) is 0 Å². The van der Waals surface area contributed by atoms with Crippen LogP contribution in [0.4, 0.5) is 0 Å². The molecular weight excluding hydrogens is 239 g/mol. The Morgan fingerprint density at radius 1 is 1.33 bits per heavy atom. The van der Waals surface area contributed by atoms with Gasteiger partial charge in [-0.25, -0.2) is 0 Å². The number of aliphatic hydroxyl groups is 1. The van der Waals surface area contributed by atoms with Crippen LogP contribution in [0.3, 0.4) is 0 Å².